The van der Waals surface area contributed by atoms with Crippen molar-refractivity contribution in [3.05, 3.63) is 23.9 Å². The van der Waals surface area contributed by atoms with Crippen LogP contribution in [0.25, 0.3) is 0 Å². The first-order valence-corrected chi connectivity index (χ1v) is 6.74. The minimum atomic E-state index is 0.0716. The fraction of sp³-hybridized carbons (Fsp3) is 0.571. The largest absolute Gasteiger partial charge is 0.370 e. The highest BCUT2D eigenvalue weighted by Crippen LogP contribution is 2.13. The lowest BCUT2D eigenvalue weighted by Gasteiger charge is -2.18. The molecule has 0 radical (unpaired) electrons. The molecule has 0 bridgehead atoms. The van der Waals surface area contributed by atoms with Gasteiger partial charge in [0.05, 0.1) is 0 Å². The van der Waals surface area contributed by atoms with Crippen LogP contribution in [0.3, 0.4) is 0 Å². The highest BCUT2D eigenvalue weighted by atomic mass is 16.1. The van der Waals surface area contributed by atoms with Gasteiger partial charge in [0.2, 0.25) is 5.91 Å². The molecule has 0 saturated heterocycles. The molecule has 5 nitrogen and oxygen atoms in total. The smallest absolute Gasteiger partial charge is 0.221 e. The molecule has 0 aliphatic carbocycles. The van der Waals surface area contributed by atoms with Crippen LogP contribution in [0.15, 0.2) is 18.3 Å². The molecule has 0 saturated carbocycles. The zero-order chi connectivity index (χ0) is 14.1. The number of hydrogen-bond donors (Lipinski definition) is 2. The number of aromatic nitrogens is 1. The molecular weight excluding hydrogens is 240 g/mol. The van der Waals surface area contributed by atoms with E-state index in [2.05, 4.69) is 33.5 Å². The van der Waals surface area contributed by atoms with E-state index in [1.807, 2.05) is 13.1 Å². The Morgan fingerprint density at radius 1 is 1.47 bits per heavy atom. The number of carbonyl (C=O) groups excluding carboxylic acids is 1. The fourth-order valence-electron chi connectivity index (χ4n) is 1.76. The van der Waals surface area contributed by atoms with Crippen LogP contribution in [0.1, 0.15) is 25.3 Å². The Kier molecular flexibility index (Phi) is 6.89. The first-order chi connectivity index (χ1) is 9.17. The quantitative estimate of drug-likeness (QED) is 0.746. The number of amides is 1. The van der Waals surface area contributed by atoms with Crippen LogP contribution in [0.2, 0.25) is 0 Å². The van der Waals surface area contributed by atoms with Gasteiger partial charge in [0.15, 0.2) is 0 Å². The van der Waals surface area contributed by atoms with Gasteiger partial charge in [-0.25, -0.2) is 4.98 Å². The molecule has 0 unspecified atom stereocenters. The van der Waals surface area contributed by atoms with Gasteiger partial charge >= 0.3 is 0 Å². The summed E-state index contributed by atoms with van der Waals surface area (Å²) < 4.78 is 0. The van der Waals surface area contributed by atoms with E-state index < -0.39 is 0 Å². The number of nitrogens with zero attached hydrogens (tertiary/aromatic N) is 2. The van der Waals surface area contributed by atoms with Crippen LogP contribution in [0, 0.1) is 0 Å². The summed E-state index contributed by atoms with van der Waals surface area (Å²) in [5.74, 6) is 1.01. The summed E-state index contributed by atoms with van der Waals surface area (Å²) in [7, 11) is 3.68. The standard InChI is InChI=1S/C14H24N4O/c1-4-8-16-14-12(6-5-9-17-14)11-18(3)10-7-13(19)15-2/h5-6,9H,4,7-8,10-11H2,1-3H3,(H,15,19)(H,16,17). The summed E-state index contributed by atoms with van der Waals surface area (Å²) in [6, 6.07) is 4.01. The average molecular weight is 264 g/mol. The molecule has 0 aliphatic rings. The van der Waals surface area contributed by atoms with Gasteiger partial charge in [-0.15, -0.1) is 0 Å². The summed E-state index contributed by atoms with van der Waals surface area (Å²) in [4.78, 5) is 17.7. The predicted octanol–water partition coefficient (Wildman–Crippen LogP) is 1.47. The van der Waals surface area contributed by atoms with Crippen molar-refractivity contribution < 1.29 is 4.79 Å². The van der Waals surface area contributed by atoms with Crippen molar-refractivity contribution in [2.45, 2.75) is 26.3 Å². The highest BCUT2D eigenvalue weighted by molar-refractivity contribution is 5.75. The molecule has 0 aromatic carbocycles. The lowest BCUT2D eigenvalue weighted by atomic mass is 10.2. The number of carbonyl (C=O) groups is 1. The third-order valence-electron chi connectivity index (χ3n) is 2.87. The van der Waals surface area contributed by atoms with Crippen LogP contribution in [-0.4, -0.2) is 43.0 Å². The molecule has 0 spiro atoms. The van der Waals surface area contributed by atoms with Crippen molar-refractivity contribution in [3.8, 4) is 0 Å². The predicted molar refractivity (Wildman–Crippen MR) is 78.0 cm³/mol. The summed E-state index contributed by atoms with van der Waals surface area (Å²) in [5.41, 5.74) is 1.16. The molecule has 1 rings (SSSR count). The molecule has 1 heterocycles. The molecule has 1 aromatic heterocycles. The zero-order valence-corrected chi connectivity index (χ0v) is 12.1. The van der Waals surface area contributed by atoms with Crippen molar-refractivity contribution in [3.63, 3.8) is 0 Å². The second kappa shape index (κ2) is 8.48. The third kappa shape index (κ3) is 5.70. The second-order valence-electron chi connectivity index (χ2n) is 4.60. The van der Waals surface area contributed by atoms with E-state index >= 15 is 0 Å². The van der Waals surface area contributed by atoms with Crippen LogP contribution >= 0.6 is 0 Å². The van der Waals surface area contributed by atoms with Crippen molar-refractivity contribution in [2.24, 2.45) is 0 Å². The van der Waals surface area contributed by atoms with E-state index in [-0.39, 0.29) is 5.91 Å². The van der Waals surface area contributed by atoms with Crippen molar-refractivity contribution in [1.29, 1.82) is 0 Å². The first kappa shape index (κ1) is 15.4. The Labute approximate surface area is 115 Å². The van der Waals surface area contributed by atoms with Crippen molar-refractivity contribution in [2.75, 3.05) is 32.5 Å². The van der Waals surface area contributed by atoms with Gasteiger partial charge in [-0.05, 0) is 19.5 Å². The van der Waals surface area contributed by atoms with E-state index in [1.54, 1.807) is 13.2 Å². The molecule has 0 aliphatic heterocycles. The average Bonchev–Trinajstić information content (AvgIpc) is 2.43. The van der Waals surface area contributed by atoms with Crippen molar-refractivity contribution >= 4 is 11.7 Å². The molecule has 1 amide bonds. The van der Waals surface area contributed by atoms with E-state index in [1.165, 1.54) is 0 Å². The molecule has 0 atom stereocenters. The molecular formula is C14H24N4O. The van der Waals surface area contributed by atoms with Gasteiger partial charge in [0.25, 0.3) is 0 Å². The fourth-order valence-corrected chi connectivity index (χ4v) is 1.76. The van der Waals surface area contributed by atoms with Crippen LogP contribution < -0.4 is 10.6 Å². The number of pyridine rings is 1. The van der Waals surface area contributed by atoms with Gasteiger partial charge < -0.3 is 15.5 Å². The summed E-state index contributed by atoms with van der Waals surface area (Å²) >= 11 is 0. The maximum absolute atomic E-state index is 11.2. The first-order valence-electron chi connectivity index (χ1n) is 6.74. The van der Waals surface area contributed by atoms with Gasteiger partial charge in [-0.3, -0.25) is 4.79 Å². The number of nitrogens with one attached hydrogen (secondary N) is 2. The molecule has 1 aromatic rings. The Balaban J connectivity index is 2.53. The molecule has 106 valence electrons. The summed E-state index contributed by atoms with van der Waals surface area (Å²) in [6.07, 6.45) is 3.39. The number of rotatable bonds is 8. The Morgan fingerprint density at radius 2 is 2.26 bits per heavy atom. The zero-order valence-electron chi connectivity index (χ0n) is 12.1. The maximum Gasteiger partial charge on any atom is 0.221 e. The summed E-state index contributed by atoms with van der Waals surface area (Å²) in [6.45, 7) is 4.58. The van der Waals surface area contributed by atoms with Gasteiger partial charge in [0, 0.05) is 44.9 Å². The van der Waals surface area contributed by atoms with Crippen LogP contribution in [0.5, 0.6) is 0 Å². The van der Waals surface area contributed by atoms with Crippen LogP contribution in [-0.2, 0) is 11.3 Å². The van der Waals surface area contributed by atoms with Crippen LogP contribution in [0.4, 0.5) is 5.82 Å². The Hall–Kier alpha value is -1.62. The third-order valence-corrected chi connectivity index (χ3v) is 2.87. The maximum atomic E-state index is 11.2. The molecule has 5 heteroatoms. The monoisotopic (exact) mass is 264 g/mol. The van der Waals surface area contributed by atoms with E-state index in [4.69, 9.17) is 0 Å². The Morgan fingerprint density at radius 3 is 2.95 bits per heavy atom. The molecule has 19 heavy (non-hydrogen) atoms. The number of hydrogen-bond acceptors (Lipinski definition) is 4. The summed E-state index contributed by atoms with van der Waals surface area (Å²) in [5, 5.41) is 5.96. The lowest BCUT2D eigenvalue weighted by molar-refractivity contribution is -0.120. The second-order valence-corrected chi connectivity index (χ2v) is 4.60. The van der Waals surface area contributed by atoms with Crippen molar-refractivity contribution in [1.82, 2.24) is 15.2 Å². The minimum absolute atomic E-state index is 0.0716. The SMILES string of the molecule is CCCNc1ncccc1CN(C)CCC(=O)NC. The number of anilines is 1. The minimum Gasteiger partial charge on any atom is -0.370 e. The van der Waals surface area contributed by atoms with Gasteiger partial charge in [-0.1, -0.05) is 13.0 Å². The Bertz CT molecular complexity index is 395. The molecule has 0 fully saturated rings. The van der Waals surface area contributed by atoms with E-state index in [0.29, 0.717) is 6.42 Å². The van der Waals surface area contributed by atoms with E-state index in [9.17, 15) is 4.79 Å². The van der Waals surface area contributed by atoms with Gasteiger partial charge in [0.1, 0.15) is 5.82 Å². The normalized spacial score (nSPS) is 10.5. The molecule has 2 N–H and O–H groups in total. The van der Waals surface area contributed by atoms with E-state index in [0.717, 1.165) is 37.4 Å². The lowest BCUT2D eigenvalue weighted by Crippen LogP contribution is -2.26. The highest BCUT2D eigenvalue weighted by Gasteiger charge is 2.07. The van der Waals surface area contributed by atoms with Gasteiger partial charge in [-0.2, -0.15) is 0 Å². The topological polar surface area (TPSA) is 57.3 Å².